The lowest BCUT2D eigenvalue weighted by Crippen LogP contribution is -2.23. The van der Waals surface area contributed by atoms with Gasteiger partial charge in [-0.15, -0.1) is 0 Å². The molecule has 0 spiro atoms. The summed E-state index contributed by atoms with van der Waals surface area (Å²) in [7, 11) is -4.54. The highest BCUT2D eigenvalue weighted by atomic mass is 31.2. The summed E-state index contributed by atoms with van der Waals surface area (Å²) in [5.74, 6) is -0.515. The zero-order valence-electron chi connectivity index (χ0n) is 12.0. The molecule has 0 N–H and O–H groups in total. The maximum Gasteiger partial charge on any atom is 0.341 e. The van der Waals surface area contributed by atoms with Gasteiger partial charge >= 0.3 is 13.6 Å². The van der Waals surface area contributed by atoms with E-state index in [-0.39, 0.29) is 19.4 Å². The van der Waals surface area contributed by atoms with Gasteiger partial charge in [-0.05, 0) is 19.9 Å². The molecular formula is C11H25O5PSi. The van der Waals surface area contributed by atoms with Crippen LogP contribution in [-0.2, 0) is 23.1 Å². The van der Waals surface area contributed by atoms with Crippen LogP contribution in [0, 0.1) is 0 Å². The summed E-state index contributed by atoms with van der Waals surface area (Å²) in [6.07, 6.45) is -0.305. The molecule has 0 aliphatic rings. The van der Waals surface area contributed by atoms with Gasteiger partial charge in [0.05, 0.1) is 19.8 Å². The molecule has 0 unspecified atom stereocenters. The minimum atomic E-state index is -3.32. The molecule has 0 rings (SSSR count). The highest BCUT2D eigenvalue weighted by molar-refractivity contribution is 7.54. The van der Waals surface area contributed by atoms with E-state index in [1.807, 2.05) is 0 Å². The largest absolute Gasteiger partial charge is 0.466 e. The van der Waals surface area contributed by atoms with E-state index in [4.69, 9.17) is 13.8 Å². The number of carbonyl (C=O) groups excluding carboxylic acids is 1. The van der Waals surface area contributed by atoms with Gasteiger partial charge in [0.1, 0.15) is 6.16 Å². The molecule has 0 aromatic heterocycles. The Kier molecular flexibility index (Phi) is 8.02. The molecule has 0 radical (unpaired) electrons. The van der Waals surface area contributed by atoms with Crippen LogP contribution >= 0.6 is 7.60 Å². The molecule has 0 aromatic rings. The maximum atomic E-state index is 12.0. The third-order valence-electron chi connectivity index (χ3n) is 2.09. The highest BCUT2D eigenvalue weighted by Gasteiger charge is 2.28. The third kappa shape index (κ3) is 8.86. The van der Waals surface area contributed by atoms with Gasteiger partial charge in [-0.1, -0.05) is 19.6 Å². The van der Waals surface area contributed by atoms with E-state index < -0.39 is 21.6 Å². The molecule has 0 saturated heterocycles. The van der Waals surface area contributed by atoms with Crippen LogP contribution in [0.4, 0.5) is 0 Å². The summed E-state index contributed by atoms with van der Waals surface area (Å²) in [6, 6.07) is 0.895. The summed E-state index contributed by atoms with van der Waals surface area (Å²) < 4.78 is 27.2. The van der Waals surface area contributed by atoms with Crippen LogP contribution < -0.4 is 0 Å². The summed E-state index contributed by atoms with van der Waals surface area (Å²) in [6.45, 7) is 10.9. The Morgan fingerprint density at radius 2 is 1.61 bits per heavy atom. The molecule has 0 aromatic carbocycles. The third-order valence-corrected chi connectivity index (χ3v) is 5.74. The molecule has 108 valence electrons. The number of hydrogen-bond donors (Lipinski definition) is 0. The van der Waals surface area contributed by atoms with E-state index >= 15 is 0 Å². The molecule has 0 aliphatic heterocycles. The van der Waals surface area contributed by atoms with Gasteiger partial charge in [0, 0.05) is 8.07 Å². The van der Waals surface area contributed by atoms with Gasteiger partial charge in [0.25, 0.3) is 0 Å². The van der Waals surface area contributed by atoms with Gasteiger partial charge in [-0.2, -0.15) is 0 Å². The second-order valence-electron chi connectivity index (χ2n) is 5.14. The van der Waals surface area contributed by atoms with Gasteiger partial charge in [0.2, 0.25) is 0 Å². The summed E-state index contributed by atoms with van der Waals surface area (Å²) in [5, 5.41) is 0. The number of rotatable bonds is 9. The SMILES string of the molecule is CCOP(=O)(CC(=O)OCC[Si](C)(C)C)OCC. The van der Waals surface area contributed by atoms with Crippen molar-refractivity contribution in [1.29, 1.82) is 0 Å². The predicted molar refractivity (Wildman–Crippen MR) is 74.8 cm³/mol. The van der Waals surface area contributed by atoms with Crippen LogP contribution in [0.15, 0.2) is 0 Å². The number of ether oxygens (including phenoxy) is 1. The second-order valence-corrected chi connectivity index (χ2v) is 12.8. The topological polar surface area (TPSA) is 61.8 Å². The van der Waals surface area contributed by atoms with E-state index in [9.17, 15) is 9.36 Å². The van der Waals surface area contributed by atoms with Crippen molar-refractivity contribution in [2.45, 2.75) is 39.5 Å². The van der Waals surface area contributed by atoms with Crippen molar-refractivity contribution in [3.8, 4) is 0 Å². The number of carbonyl (C=O) groups is 1. The first-order chi connectivity index (χ1) is 8.22. The average molecular weight is 296 g/mol. The van der Waals surface area contributed by atoms with Crippen LogP contribution in [0.2, 0.25) is 25.7 Å². The standard InChI is InChI=1S/C11H25O5PSi/c1-6-15-17(13,16-7-2)10-11(12)14-8-9-18(3,4)5/h6-10H2,1-5H3. The lowest BCUT2D eigenvalue weighted by Gasteiger charge is -2.18. The first kappa shape index (κ1) is 17.8. The van der Waals surface area contributed by atoms with Crippen molar-refractivity contribution < 1.29 is 23.1 Å². The van der Waals surface area contributed by atoms with Crippen LogP contribution in [0.5, 0.6) is 0 Å². The molecule has 0 atom stereocenters. The molecule has 0 saturated carbocycles. The van der Waals surface area contributed by atoms with Crippen LogP contribution in [-0.4, -0.2) is 40.0 Å². The van der Waals surface area contributed by atoms with Gasteiger partial charge in [0.15, 0.2) is 0 Å². The smallest absolute Gasteiger partial charge is 0.341 e. The number of esters is 1. The summed E-state index contributed by atoms with van der Waals surface area (Å²) >= 11 is 0. The molecule has 0 fully saturated rings. The Labute approximate surface area is 111 Å². The van der Waals surface area contributed by atoms with Crippen molar-refractivity contribution in [3.05, 3.63) is 0 Å². The van der Waals surface area contributed by atoms with Crippen molar-refractivity contribution in [1.82, 2.24) is 0 Å². The van der Waals surface area contributed by atoms with Gasteiger partial charge in [-0.3, -0.25) is 9.36 Å². The fourth-order valence-corrected chi connectivity index (χ4v) is 3.36. The number of hydrogen-bond acceptors (Lipinski definition) is 5. The Hall–Kier alpha value is -0.163. The van der Waals surface area contributed by atoms with Crippen molar-refractivity contribution >= 4 is 21.6 Å². The monoisotopic (exact) mass is 296 g/mol. The van der Waals surface area contributed by atoms with Crippen LogP contribution in [0.25, 0.3) is 0 Å². The molecule has 0 bridgehead atoms. The minimum absolute atomic E-state index is 0.249. The van der Waals surface area contributed by atoms with E-state index in [1.54, 1.807) is 13.8 Å². The lowest BCUT2D eigenvalue weighted by molar-refractivity contribution is -0.140. The molecule has 0 amide bonds. The highest BCUT2D eigenvalue weighted by Crippen LogP contribution is 2.47. The van der Waals surface area contributed by atoms with Crippen molar-refractivity contribution in [2.24, 2.45) is 0 Å². The normalized spacial score (nSPS) is 12.5. The fraction of sp³-hybridized carbons (Fsp3) is 0.909. The van der Waals surface area contributed by atoms with Crippen LogP contribution in [0.3, 0.4) is 0 Å². The van der Waals surface area contributed by atoms with Crippen molar-refractivity contribution in [2.75, 3.05) is 26.0 Å². The summed E-state index contributed by atoms with van der Waals surface area (Å²) in [4.78, 5) is 11.6. The Balaban J connectivity index is 4.15. The van der Waals surface area contributed by atoms with Gasteiger partial charge in [-0.25, -0.2) is 0 Å². The second kappa shape index (κ2) is 8.10. The van der Waals surface area contributed by atoms with Crippen molar-refractivity contribution in [3.63, 3.8) is 0 Å². The molecule has 0 heterocycles. The van der Waals surface area contributed by atoms with E-state index in [2.05, 4.69) is 19.6 Å². The zero-order valence-corrected chi connectivity index (χ0v) is 13.9. The fourth-order valence-electron chi connectivity index (χ4n) is 1.20. The quantitative estimate of drug-likeness (QED) is 0.371. The van der Waals surface area contributed by atoms with Crippen LogP contribution in [0.1, 0.15) is 13.8 Å². The van der Waals surface area contributed by atoms with E-state index in [0.717, 1.165) is 6.04 Å². The molecule has 5 nitrogen and oxygen atoms in total. The molecular weight excluding hydrogens is 271 g/mol. The zero-order chi connectivity index (χ0) is 14.2. The first-order valence-electron chi connectivity index (χ1n) is 6.26. The lowest BCUT2D eigenvalue weighted by atomic mass is 10.7. The molecule has 7 heteroatoms. The Bertz CT molecular complexity index is 290. The first-order valence-corrected chi connectivity index (χ1v) is 11.7. The minimum Gasteiger partial charge on any atom is -0.466 e. The molecule has 0 aliphatic carbocycles. The Morgan fingerprint density at radius 1 is 1.11 bits per heavy atom. The van der Waals surface area contributed by atoms with E-state index in [1.165, 1.54) is 0 Å². The summed E-state index contributed by atoms with van der Waals surface area (Å²) in [5.41, 5.74) is 0. The van der Waals surface area contributed by atoms with E-state index in [0.29, 0.717) is 6.61 Å². The molecule has 18 heavy (non-hydrogen) atoms. The average Bonchev–Trinajstić information content (AvgIpc) is 2.15. The van der Waals surface area contributed by atoms with Gasteiger partial charge < -0.3 is 13.8 Å². The maximum absolute atomic E-state index is 12.0. The predicted octanol–water partition coefficient (Wildman–Crippen LogP) is 3.13. The Morgan fingerprint density at radius 3 is 2.00 bits per heavy atom.